The van der Waals surface area contributed by atoms with Crippen molar-refractivity contribution in [1.29, 1.82) is 0 Å². The van der Waals surface area contributed by atoms with Crippen molar-refractivity contribution in [3.05, 3.63) is 18.5 Å². The van der Waals surface area contributed by atoms with E-state index >= 15 is 0 Å². The van der Waals surface area contributed by atoms with E-state index in [1.54, 1.807) is 10.9 Å². The molecule has 0 bridgehead atoms. The molecule has 7 heteroatoms. The molecule has 0 aromatic carbocycles. The summed E-state index contributed by atoms with van der Waals surface area (Å²) in [6, 6.07) is 1.84. The first-order valence-electron chi connectivity index (χ1n) is 6.93. The monoisotopic (exact) mass is 293 g/mol. The van der Waals surface area contributed by atoms with Crippen molar-refractivity contribution in [3.63, 3.8) is 0 Å². The highest BCUT2D eigenvalue weighted by molar-refractivity contribution is 8.14. The van der Waals surface area contributed by atoms with E-state index in [0.29, 0.717) is 11.8 Å². The number of carbonyl (C=O) groups excluding carboxylic acids is 1. The fourth-order valence-corrected chi connectivity index (χ4v) is 3.41. The largest absolute Gasteiger partial charge is 0.348 e. The van der Waals surface area contributed by atoms with Crippen LogP contribution in [0.1, 0.15) is 6.92 Å². The number of aromatic nitrogens is 2. The van der Waals surface area contributed by atoms with Crippen LogP contribution in [0.3, 0.4) is 0 Å². The number of carbonyl (C=O) groups is 1. The number of piperazine rings is 1. The summed E-state index contributed by atoms with van der Waals surface area (Å²) in [6.45, 7) is 6.75. The minimum atomic E-state index is 0.141. The van der Waals surface area contributed by atoms with Gasteiger partial charge in [0.15, 0.2) is 5.17 Å². The first-order chi connectivity index (χ1) is 9.72. The van der Waals surface area contributed by atoms with Crippen molar-refractivity contribution in [2.45, 2.75) is 18.7 Å². The molecule has 1 fully saturated rings. The van der Waals surface area contributed by atoms with Gasteiger partial charge in [0.05, 0.1) is 6.54 Å². The Bertz CT molecular complexity index is 493. The van der Waals surface area contributed by atoms with Crippen molar-refractivity contribution in [3.8, 4) is 0 Å². The van der Waals surface area contributed by atoms with Crippen LogP contribution in [-0.4, -0.2) is 68.6 Å². The smallest absolute Gasteiger partial charge is 0.244 e. The van der Waals surface area contributed by atoms with Crippen molar-refractivity contribution >= 4 is 22.8 Å². The van der Waals surface area contributed by atoms with E-state index < -0.39 is 0 Å². The third-order valence-corrected chi connectivity index (χ3v) is 4.70. The number of thioether (sulfide) groups is 1. The summed E-state index contributed by atoms with van der Waals surface area (Å²) in [5.41, 5.74) is 0. The summed E-state index contributed by atoms with van der Waals surface area (Å²) in [7, 11) is 0. The molecule has 1 atom stereocenters. The zero-order valence-corrected chi connectivity index (χ0v) is 12.4. The van der Waals surface area contributed by atoms with Gasteiger partial charge in [0, 0.05) is 43.8 Å². The van der Waals surface area contributed by atoms with Gasteiger partial charge in [-0.1, -0.05) is 18.7 Å². The first kappa shape index (κ1) is 13.5. The van der Waals surface area contributed by atoms with Gasteiger partial charge in [-0.05, 0) is 6.07 Å². The van der Waals surface area contributed by atoms with Gasteiger partial charge in [-0.15, -0.1) is 0 Å². The number of amides is 1. The van der Waals surface area contributed by atoms with E-state index in [0.717, 1.165) is 37.9 Å². The minimum Gasteiger partial charge on any atom is -0.348 e. The van der Waals surface area contributed by atoms with Crippen LogP contribution in [-0.2, 0) is 11.3 Å². The standard InChI is InChI=1S/C13H19N5OS/c1-11-9-14-13(20-11)17-7-5-16(6-8-17)12(19)10-18-4-2-3-15-18/h2-4,11H,5-10H2,1H3/t11-/m1/s1. The van der Waals surface area contributed by atoms with Crippen molar-refractivity contribution in [2.75, 3.05) is 32.7 Å². The zero-order valence-electron chi connectivity index (χ0n) is 11.6. The number of aliphatic imine (C=N–C) groups is 1. The Morgan fingerprint density at radius 3 is 2.80 bits per heavy atom. The van der Waals surface area contributed by atoms with Crippen LogP contribution in [0.4, 0.5) is 0 Å². The molecule has 0 spiro atoms. The topological polar surface area (TPSA) is 53.7 Å². The van der Waals surface area contributed by atoms with Crippen molar-refractivity contribution in [2.24, 2.45) is 4.99 Å². The number of amidine groups is 1. The molecule has 1 aromatic heterocycles. The van der Waals surface area contributed by atoms with E-state index in [1.165, 1.54) is 0 Å². The SMILES string of the molecule is C[C@@H]1CN=C(N2CCN(C(=O)Cn3cccn3)CC2)S1. The lowest BCUT2D eigenvalue weighted by Gasteiger charge is -2.35. The summed E-state index contributed by atoms with van der Waals surface area (Å²) < 4.78 is 1.67. The van der Waals surface area contributed by atoms with Gasteiger partial charge in [0.1, 0.15) is 6.54 Å². The predicted octanol–water partition coefficient (Wildman–Crippen LogP) is 0.519. The number of hydrogen-bond acceptors (Lipinski definition) is 5. The molecule has 108 valence electrons. The summed E-state index contributed by atoms with van der Waals surface area (Å²) in [6.07, 6.45) is 3.52. The molecule has 3 heterocycles. The maximum atomic E-state index is 12.2. The van der Waals surface area contributed by atoms with Gasteiger partial charge in [0.2, 0.25) is 5.91 Å². The average Bonchev–Trinajstić information content (AvgIpc) is 3.10. The van der Waals surface area contributed by atoms with Crippen LogP contribution in [0.25, 0.3) is 0 Å². The molecule has 0 aliphatic carbocycles. The Morgan fingerprint density at radius 1 is 1.40 bits per heavy atom. The third-order valence-electron chi connectivity index (χ3n) is 3.55. The zero-order chi connectivity index (χ0) is 13.9. The number of rotatable bonds is 2. The molecule has 1 saturated heterocycles. The second kappa shape index (κ2) is 5.87. The van der Waals surface area contributed by atoms with Gasteiger partial charge in [-0.2, -0.15) is 5.10 Å². The Morgan fingerprint density at radius 2 is 2.20 bits per heavy atom. The quantitative estimate of drug-likeness (QED) is 0.798. The van der Waals surface area contributed by atoms with E-state index in [2.05, 4.69) is 21.9 Å². The van der Waals surface area contributed by atoms with Crippen LogP contribution in [0, 0.1) is 0 Å². The van der Waals surface area contributed by atoms with Gasteiger partial charge < -0.3 is 9.80 Å². The van der Waals surface area contributed by atoms with Crippen molar-refractivity contribution in [1.82, 2.24) is 19.6 Å². The highest BCUT2D eigenvalue weighted by Gasteiger charge is 2.26. The lowest BCUT2D eigenvalue weighted by Crippen LogP contribution is -2.50. The average molecular weight is 293 g/mol. The third kappa shape index (κ3) is 2.98. The molecule has 2 aliphatic heterocycles. The second-order valence-corrected chi connectivity index (χ2v) is 6.53. The maximum absolute atomic E-state index is 12.2. The molecular weight excluding hydrogens is 274 g/mol. The van der Waals surface area contributed by atoms with Gasteiger partial charge in [-0.3, -0.25) is 14.5 Å². The molecule has 1 amide bonds. The van der Waals surface area contributed by atoms with Crippen molar-refractivity contribution < 1.29 is 4.79 Å². The van der Waals surface area contributed by atoms with Crippen LogP contribution in [0.2, 0.25) is 0 Å². The van der Waals surface area contributed by atoms with Gasteiger partial charge >= 0.3 is 0 Å². The van der Waals surface area contributed by atoms with E-state index in [1.807, 2.05) is 28.9 Å². The Kier molecular flexibility index (Phi) is 3.95. The maximum Gasteiger partial charge on any atom is 0.244 e. The minimum absolute atomic E-state index is 0.141. The van der Waals surface area contributed by atoms with Crippen LogP contribution in [0.5, 0.6) is 0 Å². The molecule has 0 saturated carbocycles. The highest BCUT2D eigenvalue weighted by atomic mass is 32.2. The summed E-state index contributed by atoms with van der Waals surface area (Å²) in [4.78, 5) is 20.9. The summed E-state index contributed by atoms with van der Waals surface area (Å²) in [5, 5.41) is 5.81. The molecular formula is C13H19N5OS. The molecule has 0 unspecified atom stereocenters. The second-order valence-electron chi connectivity index (χ2n) is 5.12. The number of nitrogens with zero attached hydrogens (tertiary/aromatic N) is 5. The first-order valence-corrected chi connectivity index (χ1v) is 7.81. The Labute approximate surface area is 122 Å². The fourth-order valence-electron chi connectivity index (χ4n) is 2.42. The van der Waals surface area contributed by atoms with E-state index in [4.69, 9.17) is 0 Å². The van der Waals surface area contributed by atoms with Crippen LogP contribution < -0.4 is 0 Å². The molecule has 1 aromatic rings. The molecule has 2 aliphatic rings. The van der Waals surface area contributed by atoms with Crippen LogP contribution >= 0.6 is 11.8 Å². The van der Waals surface area contributed by atoms with E-state index in [9.17, 15) is 4.79 Å². The van der Waals surface area contributed by atoms with Gasteiger partial charge in [-0.25, -0.2) is 0 Å². The molecule has 0 radical (unpaired) electrons. The van der Waals surface area contributed by atoms with Crippen LogP contribution in [0.15, 0.2) is 23.5 Å². The molecule has 3 rings (SSSR count). The molecule has 0 N–H and O–H groups in total. The molecule has 6 nitrogen and oxygen atoms in total. The van der Waals surface area contributed by atoms with E-state index in [-0.39, 0.29) is 5.91 Å². The lowest BCUT2D eigenvalue weighted by atomic mass is 10.3. The highest BCUT2D eigenvalue weighted by Crippen LogP contribution is 2.23. The number of hydrogen-bond donors (Lipinski definition) is 0. The van der Waals surface area contributed by atoms with Gasteiger partial charge in [0.25, 0.3) is 0 Å². The summed E-state index contributed by atoms with van der Waals surface area (Å²) >= 11 is 1.84. The molecule has 20 heavy (non-hydrogen) atoms. The fraction of sp³-hybridized carbons (Fsp3) is 0.615. The lowest BCUT2D eigenvalue weighted by molar-refractivity contribution is -0.133. The predicted molar refractivity (Wildman–Crippen MR) is 79.7 cm³/mol. The Hall–Kier alpha value is -1.50. The normalized spacial score (nSPS) is 23.1. The Balaban J connectivity index is 1.49. The summed E-state index contributed by atoms with van der Waals surface area (Å²) in [5.74, 6) is 0.141.